The van der Waals surface area contributed by atoms with Gasteiger partial charge in [-0.25, -0.2) is 13.1 Å². The number of unbranched alkanes of at least 4 members (excludes halogenated alkanes) is 9. The van der Waals surface area contributed by atoms with Crippen LogP contribution in [0.2, 0.25) is 0 Å². The van der Waals surface area contributed by atoms with Crippen molar-refractivity contribution in [3.8, 4) is 11.4 Å². The molecule has 0 spiro atoms. The van der Waals surface area contributed by atoms with Crippen LogP contribution in [0.4, 0.5) is 5.69 Å². The summed E-state index contributed by atoms with van der Waals surface area (Å²) in [6.45, 7) is 2.49. The van der Waals surface area contributed by atoms with Crippen molar-refractivity contribution in [3.63, 3.8) is 0 Å². The van der Waals surface area contributed by atoms with Crippen molar-refractivity contribution in [1.29, 1.82) is 0 Å². The summed E-state index contributed by atoms with van der Waals surface area (Å²) in [7, 11) is -3.89. The van der Waals surface area contributed by atoms with Crippen LogP contribution in [-0.4, -0.2) is 45.2 Å². The number of phenolic OH excluding ortho intramolecular Hbond substituents is 1. The van der Waals surface area contributed by atoms with E-state index in [2.05, 4.69) is 27.2 Å². The number of hydrogen-bond acceptors (Lipinski definition) is 9. The lowest BCUT2D eigenvalue weighted by molar-refractivity contribution is -0.388. The number of hydrogen-bond donors (Lipinski definition) is 2. The van der Waals surface area contributed by atoms with E-state index < -0.39 is 14.9 Å². The average molecular weight is 563 g/mol. The van der Waals surface area contributed by atoms with Gasteiger partial charge < -0.3 is 5.11 Å². The molecule has 0 atom stereocenters. The summed E-state index contributed by atoms with van der Waals surface area (Å²) in [5.74, 6) is 0.0743. The number of sulfonamides is 1. The average Bonchev–Trinajstić information content (AvgIpc) is 3.35. The zero-order chi connectivity index (χ0) is 27.4. The molecule has 38 heavy (non-hydrogen) atoms. The fourth-order valence-corrected chi connectivity index (χ4v) is 5.86. The third kappa shape index (κ3) is 8.77. The molecule has 2 aromatic carbocycles. The van der Waals surface area contributed by atoms with Gasteiger partial charge in [0.15, 0.2) is 0 Å². The van der Waals surface area contributed by atoms with E-state index in [9.17, 15) is 23.6 Å². The molecule has 0 aliphatic carbocycles. The Hall–Kier alpha value is -3.03. The number of rotatable bonds is 17. The SMILES string of the molecule is CCCCCCCCCCCCNS(=O)(=O)c1ccc(Sc2nnnn2-c2ccc(O)cc2)c([N+](=O)[O-])c1. The number of aromatic nitrogens is 4. The Kier molecular flexibility index (Phi) is 11.5. The molecular weight excluding hydrogens is 528 g/mol. The number of benzene rings is 2. The van der Waals surface area contributed by atoms with Crippen LogP contribution in [0, 0.1) is 10.1 Å². The van der Waals surface area contributed by atoms with Gasteiger partial charge in [0.2, 0.25) is 15.2 Å². The largest absolute Gasteiger partial charge is 0.508 e. The van der Waals surface area contributed by atoms with Crippen LogP contribution in [-0.2, 0) is 10.0 Å². The summed E-state index contributed by atoms with van der Waals surface area (Å²) < 4.78 is 29.5. The zero-order valence-electron chi connectivity index (χ0n) is 21.5. The van der Waals surface area contributed by atoms with Crippen molar-refractivity contribution in [1.82, 2.24) is 24.9 Å². The first-order valence-electron chi connectivity index (χ1n) is 12.9. The van der Waals surface area contributed by atoms with Crippen molar-refractivity contribution in [2.24, 2.45) is 0 Å². The summed E-state index contributed by atoms with van der Waals surface area (Å²) >= 11 is 0.938. The van der Waals surface area contributed by atoms with Crippen molar-refractivity contribution < 1.29 is 18.4 Å². The van der Waals surface area contributed by atoms with E-state index >= 15 is 0 Å². The Morgan fingerprint density at radius 2 is 1.61 bits per heavy atom. The lowest BCUT2D eigenvalue weighted by Gasteiger charge is -2.09. The van der Waals surface area contributed by atoms with Crippen LogP contribution in [0.25, 0.3) is 5.69 Å². The fourth-order valence-electron chi connectivity index (χ4n) is 3.89. The predicted octanol–water partition coefficient (Wildman–Crippen LogP) is 5.63. The normalized spacial score (nSPS) is 11.6. The molecule has 1 heterocycles. The number of nitrogens with zero attached hydrogens (tertiary/aromatic N) is 5. The Labute approximate surface area is 227 Å². The molecule has 1 aromatic heterocycles. The standard InChI is InChI=1S/C25H34N6O5S2/c1-2-3-4-5-6-7-8-9-10-11-18-26-38(35,36)22-16-17-24(23(19-22)31(33)34)37-25-27-28-29-30(25)20-12-14-21(32)15-13-20/h12-17,19,26,32H,2-11,18H2,1H3. The maximum absolute atomic E-state index is 12.8. The van der Waals surface area contributed by atoms with Crippen LogP contribution >= 0.6 is 11.8 Å². The molecule has 0 aliphatic heterocycles. The second-order valence-electron chi connectivity index (χ2n) is 8.96. The molecule has 0 saturated heterocycles. The molecule has 0 fully saturated rings. The molecule has 3 aromatic rings. The molecule has 0 saturated carbocycles. The molecule has 3 rings (SSSR count). The smallest absolute Gasteiger partial charge is 0.284 e. The molecule has 0 amide bonds. The minimum Gasteiger partial charge on any atom is -0.508 e. The van der Waals surface area contributed by atoms with Gasteiger partial charge in [0.05, 0.1) is 20.4 Å². The van der Waals surface area contributed by atoms with Gasteiger partial charge in [0.25, 0.3) is 5.69 Å². The lowest BCUT2D eigenvalue weighted by Crippen LogP contribution is -2.24. The van der Waals surface area contributed by atoms with Gasteiger partial charge in [0, 0.05) is 12.6 Å². The van der Waals surface area contributed by atoms with E-state index in [1.54, 1.807) is 12.1 Å². The summed E-state index contributed by atoms with van der Waals surface area (Å²) in [6, 6.07) is 9.91. The van der Waals surface area contributed by atoms with Gasteiger partial charge in [-0.1, -0.05) is 64.7 Å². The Morgan fingerprint density at radius 3 is 2.24 bits per heavy atom. The third-order valence-electron chi connectivity index (χ3n) is 6.00. The molecule has 0 bridgehead atoms. The van der Waals surface area contributed by atoms with E-state index in [0.717, 1.165) is 37.1 Å². The van der Waals surface area contributed by atoms with E-state index in [-0.39, 0.29) is 32.9 Å². The van der Waals surface area contributed by atoms with E-state index in [1.165, 1.54) is 67.5 Å². The molecule has 206 valence electrons. The molecule has 0 aliphatic rings. The van der Waals surface area contributed by atoms with Gasteiger partial charge in [-0.2, -0.15) is 4.68 Å². The number of tetrazole rings is 1. The second kappa shape index (κ2) is 14.8. The second-order valence-corrected chi connectivity index (χ2v) is 11.7. The highest BCUT2D eigenvalue weighted by Crippen LogP contribution is 2.35. The number of nitrogens with one attached hydrogen (secondary N) is 1. The molecule has 11 nitrogen and oxygen atoms in total. The number of phenols is 1. The van der Waals surface area contributed by atoms with Crippen LogP contribution in [0.5, 0.6) is 5.75 Å². The summed E-state index contributed by atoms with van der Waals surface area (Å²) in [6.07, 6.45) is 11.5. The van der Waals surface area contributed by atoms with Crippen LogP contribution in [0.1, 0.15) is 71.1 Å². The topological polar surface area (TPSA) is 153 Å². The molecule has 0 radical (unpaired) electrons. The van der Waals surface area contributed by atoms with Gasteiger partial charge >= 0.3 is 0 Å². The Morgan fingerprint density at radius 1 is 0.974 bits per heavy atom. The van der Waals surface area contributed by atoms with Crippen molar-refractivity contribution >= 4 is 27.5 Å². The highest BCUT2D eigenvalue weighted by Gasteiger charge is 2.23. The minimum atomic E-state index is -3.89. The first-order chi connectivity index (χ1) is 18.3. The maximum Gasteiger partial charge on any atom is 0.284 e. The first-order valence-corrected chi connectivity index (χ1v) is 15.2. The molecule has 13 heteroatoms. The quantitative estimate of drug-likeness (QED) is 0.121. The van der Waals surface area contributed by atoms with E-state index in [0.29, 0.717) is 12.1 Å². The minimum absolute atomic E-state index is 0.0743. The number of aromatic hydroxyl groups is 1. The summed E-state index contributed by atoms with van der Waals surface area (Å²) in [5, 5.41) is 33.0. The van der Waals surface area contributed by atoms with E-state index in [4.69, 9.17) is 0 Å². The van der Waals surface area contributed by atoms with Crippen molar-refractivity contribution in [2.75, 3.05) is 6.54 Å². The Bertz CT molecular complexity index is 1280. The van der Waals surface area contributed by atoms with Gasteiger partial charge in [-0.05, 0) is 65.0 Å². The summed E-state index contributed by atoms with van der Waals surface area (Å²) in [4.78, 5) is 11.2. The molecule has 2 N–H and O–H groups in total. The lowest BCUT2D eigenvalue weighted by atomic mass is 10.1. The molecular formula is C25H34N6O5S2. The number of nitro groups is 1. The van der Waals surface area contributed by atoms with Gasteiger partial charge in [-0.3, -0.25) is 10.1 Å². The third-order valence-corrected chi connectivity index (χ3v) is 8.46. The Balaban J connectivity index is 1.56. The van der Waals surface area contributed by atoms with Gasteiger partial charge in [-0.15, -0.1) is 5.10 Å². The first kappa shape index (κ1) is 29.5. The maximum atomic E-state index is 12.8. The van der Waals surface area contributed by atoms with Crippen molar-refractivity contribution in [2.45, 2.75) is 86.1 Å². The molecule has 0 unspecified atom stereocenters. The summed E-state index contributed by atoms with van der Waals surface area (Å²) in [5.41, 5.74) is 0.186. The number of nitro benzene ring substituents is 1. The van der Waals surface area contributed by atoms with Crippen LogP contribution in [0.3, 0.4) is 0 Å². The zero-order valence-corrected chi connectivity index (χ0v) is 23.1. The van der Waals surface area contributed by atoms with Crippen molar-refractivity contribution in [3.05, 3.63) is 52.6 Å². The predicted molar refractivity (Wildman–Crippen MR) is 145 cm³/mol. The highest BCUT2D eigenvalue weighted by molar-refractivity contribution is 7.99. The highest BCUT2D eigenvalue weighted by atomic mass is 32.2. The van der Waals surface area contributed by atoms with Gasteiger partial charge in [0.1, 0.15) is 5.75 Å². The van der Waals surface area contributed by atoms with Crippen LogP contribution < -0.4 is 4.72 Å². The fraction of sp³-hybridized carbons (Fsp3) is 0.480. The van der Waals surface area contributed by atoms with E-state index in [1.807, 2.05) is 0 Å². The van der Waals surface area contributed by atoms with Crippen LogP contribution in [0.15, 0.2) is 57.4 Å². The monoisotopic (exact) mass is 562 g/mol.